The molecule has 4 rings (SSSR count). The van der Waals surface area contributed by atoms with Gasteiger partial charge in [-0.15, -0.1) is 0 Å². The molecule has 2 aliphatic rings. The highest BCUT2D eigenvalue weighted by Crippen LogP contribution is 2.32. The van der Waals surface area contributed by atoms with Gasteiger partial charge in [-0.1, -0.05) is 6.07 Å². The minimum Gasteiger partial charge on any atom is -0.475 e. The van der Waals surface area contributed by atoms with Crippen molar-refractivity contribution < 1.29 is 74.0 Å². The monoisotopic (exact) mass is 640 g/mol. The summed E-state index contributed by atoms with van der Waals surface area (Å²) in [5.74, 6) is -6.77. The molecular weight excluding hydrogens is 615 g/mol. The molecule has 0 radical (unpaired) electrons. The number of hydrogen-bond acceptors (Lipinski definition) is 7. The molecule has 0 spiro atoms. The lowest BCUT2D eigenvalue weighted by Gasteiger charge is -2.23. The number of rotatable bonds is 5. The van der Waals surface area contributed by atoms with E-state index in [1.807, 2.05) is 18.2 Å². The zero-order chi connectivity index (χ0) is 33.2. The van der Waals surface area contributed by atoms with Crippen LogP contribution in [0.5, 0.6) is 5.88 Å². The highest BCUT2D eigenvalue weighted by atomic mass is 19.4. The topological polar surface area (TPSA) is 155 Å². The molecule has 1 saturated carbocycles. The maximum atomic E-state index is 10.6. The van der Waals surface area contributed by atoms with Gasteiger partial charge in [0.2, 0.25) is 5.88 Å². The van der Waals surface area contributed by atoms with E-state index in [0.29, 0.717) is 12.5 Å². The minimum absolute atomic E-state index is 0.505. The number of aromatic nitrogens is 3. The van der Waals surface area contributed by atoms with E-state index in [0.717, 1.165) is 37.7 Å². The van der Waals surface area contributed by atoms with E-state index in [2.05, 4.69) is 21.6 Å². The van der Waals surface area contributed by atoms with Crippen molar-refractivity contribution in [2.45, 2.75) is 57.5 Å². The summed E-state index contributed by atoms with van der Waals surface area (Å²) in [5.41, 5.74) is 3.86. The van der Waals surface area contributed by atoms with Gasteiger partial charge in [-0.05, 0) is 31.9 Å². The fourth-order valence-electron chi connectivity index (χ4n) is 3.08. The van der Waals surface area contributed by atoms with Gasteiger partial charge in [0, 0.05) is 49.6 Å². The predicted molar refractivity (Wildman–Crippen MR) is 125 cm³/mol. The van der Waals surface area contributed by atoms with E-state index in [1.54, 1.807) is 6.20 Å². The SMILES string of the molecule is CN1CCc2c(c(COc3ccccn3)nn2CC2CC2)C1.O=C(O)C(F)(F)F.O=C(O)C(F)(F)F.O=C(O)C(F)(F)F. The first-order valence-electron chi connectivity index (χ1n) is 11.8. The van der Waals surface area contributed by atoms with E-state index >= 15 is 0 Å². The van der Waals surface area contributed by atoms with Gasteiger partial charge in [0.25, 0.3) is 0 Å². The van der Waals surface area contributed by atoms with Gasteiger partial charge >= 0.3 is 36.4 Å². The van der Waals surface area contributed by atoms with Crippen molar-refractivity contribution in [3.05, 3.63) is 41.3 Å². The molecule has 0 unspecified atom stereocenters. The second-order valence-corrected chi connectivity index (χ2v) is 8.85. The number of hydrogen-bond donors (Lipinski definition) is 3. The Kier molecular flexibility index (Phi) is 13.2. The van der Waals surface area contributed by atoms with Gasteiger partial charge in [-0.2, -0.15) is 44.6 Å². The summed E-state index contributed by atoms with van der Waals surface area (Å²) >= 11 is 0. The molecule has 1 fully saturated rings. The van der Waals surface area contributed by atoms with Crippen molar-refractivity contribution in [3.63, 3.8) is 0 Å². The number of nitrogens with zero attached hydrogens (tertiary/aromatic N) is 4. The lowest BCUT2D eigenvalue weighted by atomic mass is 10.1. The summed E-state index contributed by atoms with van der Waals surface area (Å²) < 4.78 is 103. The third-order valence-electron chi connectivity index (χ3n) is 5.26. The summed E-state index contributed by atoms with van der Waals surface area (Å²) in [4.78, 5) is 33.3. The third-order valence-corrected chi connectivity index (χ3v) is 5.26. The highest BCUT2D eigenvalue weighted by Gasteiger charge is 2.39. The molecule has 3 N–H and O–H groups in total. The molecule has 0 aromatic carbocycles. The number of pyridine rings is 1. The molecule has 2 aromatic heterocycles. The van der Waals surface area contributed by atoms with Crippen molar-refractivity contribution in [2.24, 2.45) is 5.92 Å². The van der Waals surface area contributed by atoms with Crippen molar-refractivity contribution in [3.8, 4) is 5.88 Å². The number of likely N-dealkylation sites (N-methyl/N-ethyl adjacent to an activating group) is 1. The van der Waals surface area contributed by atoms with E-state index < -0.39 is 36.4 Å². The van der Waals surface area contributed by atoms with Crippen molar-refractivity contribution in [1.29, 1.82) is 0 Å². The number of carboxylic acid groups (broad SMARTS) is 3. The van der Waals surface area contributed by atoms with Crippen LogP contribution in [0.2, 0.25) is 0 Å². The summed E-state index contributed by atoms with van der Waals surface area (Å²) in [7, 11) is 2.17. The molecule has 1 aliphatic carbocycles. The quantitative estimate of drug-likeness (QED) is 0.406. The normalized spacial score (nSPS) is 14.8. The molecule has 2 aromatic rings. The highest BCUT2D eigenvalue weighted by molar-refractivity contribution is 5.73. The van der Waals surface area contributed by atoms with Crippen LogP contribution in [-0.4, -0.2) is 85.0 Å². The number of alkyl halides is 9. The van der Waals surface area contributed by atoms with E-state index in [1.165, 1.54) is 24.1 Å². The van der Waals surface area contributed by atoms with Gasteiger partial charge in [-0.25, -0.2) is 19.4 Å². The van der Waals surface area contributed by atoms with Crippen LogP contribution in [0.4, 0.5) is 39.5 Å². The average Bonchev–Trinajstić information content (AvgIpc) is 3.63. The lowest BCUT2D eigenvalue weighted by molar-refractivity contribution is -0.193. The maximum absolute atomic E-state index is 10.6. The second kappa shape index (κ2) is 15.4. The van der Waals surface area contributed by atoms with E-state index in [9.17, 15) is 39.5 Å². The van der Waals surface area contributed by atoms with Crippen LogP contribution in [0.1, 0.15) is 29.8 Å². The first kappa shape index (κ1) is 36.9. The Morgan fingerprint density at radius 2 is 1.40 bits per heavy atom. The first-order chi connectivity index (χ1) is 19.6. The zero-order valence-electron chi connectivity index (χ0n) is 22.0. The summed E-state index contributed by atoms with van der Waals surface area (Å²) in [6.07, 6.45) is -9.69. The van der Waals surface area contributed by atoms with Gasteiger partial charge in [0.05, 0.1) is 0 Å². The maximum Gasteiger partial charge on any atom is 0.490 e. The Morgan fingerprint density at radius 1 is 0.907 bits per heavy atom. The Balaban J connectivity index is 0.000000363. The number of halogens is 9. The molecular formula is C23H25F9N4O7. The minimum atomic E-state index is -5.08. The van der Waals surface area contributed by atoms with Gasteiger partial charge < -0.3 is 25.0 Å². The summed E-state index contributed by atoms with van der Waals surface area (Å²) in [6.45, 7) is 3.67. The Hall–Kier alpha value is -4.10. The zero-order valence-corrected chi connectivity index (χ0v) is 22.0. The molecule has 0 bridgehead atoms. The molecule has 0 saturated heterocycles. The van der Waals surface area contributed by atoms with Crippen LogP contribution in [0.3, 0.4) is 0 Å². The van der Waals surface area contributed by atoms with Gasteiger partial charge in [-0.3, -0.25) is 4.68 Å². The molecule has 20 heteroatoms. The molecule has 0 atom stereocenters. The summed E-state index contributed by atoms with van der Waals surface area (Å²) in [5, 5.41) is 26.2. The first-order valence-corrected chi connectivity index (χ1v) is 11.8. The molecule has 1 aliphatic heterocycles. The van der Waals surface area contributed by atoms with Crippen LogP contribution in [0, 0.1) is 5.92 Å². The Labute approximate surface area is 236 Å². The Morgan fingerprint density at radius 3 is 1.79 bits per heavy atom. The van der Waals surface area contributed by atoms with Crippen LogP contribution in [0.25, 0.3) is 0 Å². The average molecular weight is 640 g/mol. The standard InChI is InChI=1S/C17H22N4O.3C2HF3O2/c1-20-9-7-16-14(11-20)15(19-21(16)10-13-5-6-13)12-22-17-4-2-3-8-18-17;3*3-2(4,5)1(6)7/h2-4,8,13H,5-7,9-12H2,1H3;3*(H,6,7). The van der Waals surface area contributed by atoms with Crippen molar-refractivity contribution in [1.82, 2.24) is 19.7 Å². The largest absolute Gasteiger partial charge is 0.490 e. The molecule has 0 amide bonds. The number of carbonyl (C=O) groups is 3. The third kappa shape index (κ3) is 14.1. The van der Waals surface area contributed by atoms with Crippen LogP contribution < -0.4 is 4.74 Å². The molecule has 242 valence electrons. The van der Waals surface area contributed by atoms with Crippen LogP contribution >= 0.6 is 0 Å². The van der Waals surface area contributed by atoms with Gasteiger partial charge in [0.15, 0.2) is 0 Å². The van der Waals surface area contributed by atoms with Crippen molar-refractivity contribution in [2.75, 3.05) is 13.6 Å². The molecule has 43 heavy (non-hydrogen) atoms. The van der Waals surface area contributed by atoms with Crippen molar-refractivity contribution >= 4 is 17.9 Å². The Bertz CT molecular complexity index is 1160. The summed E-state index contributed by atoms with van der Waals surface area (Å²) in [6, 6.07) is 5.73. The van der Waals surface area contributed by atoms with E-state index in [4.69, 9.17) is 39.5 Å². The fraction of sp³-hybridized carbons (Fsp3) is 0.522. The molecule has 11 nitrogen and oxygen atoms in total. The van der Waals surface area contributed by atoms with Gasteiger partial charge in [0.1, 0.15) is 12.3 Å². The number of aliphatic carboxylic acids is 3. The fourth-order valence-corrected chi connectivity index (χ4v) is 3.08. The molecule has 3 heterocycles. The van der Waals surface area contributed by atoms with Crippen LogP contribution in [-0.2, 0) is 40.5 Å². The lowest BCUT2D eigenvalue weighted by Crippen LogP contribution is -2.28. The predicted octanol–water partition coefficient (Wildman–Crippen LogP) is 4.15. The number of carboxylic acids is 3. The number of fused-ring (bicyclic) bond motifs is 1. The van der Waals surface area contributed by atoms with Crippen LogP contribution in [0.15, 0.2) is 24.4 Å². The smallest absolute Gasteiger partial charge is 0.475 e. The number of ether oxygens (including phenoxy) is 1. The second-order valence-electron chi connectivity index (χ2n) is 8.85. The van der Waals surface area contributed by atoms with E-state index in [-0.39, 0.29) is 0 Å².